The van der Waals surface area contributed by atoms with Gasteiger partial charge in [0.15, 0.2) is 0 Å². The summed E-state index contributed by atoms with van der Waals surface area (Å²) in [5, 5.41) is 3.10. The number of carbonyl (C=O) groups is 1. The van der Waals surface area contributed by atoms with E-state index in [1.54, 1.807) is 13.0 Å². The fraction of sp³-hybridized carbons (Fsp3) is 0.300. The van der Waals surface area contributed by atoms with E-state index in [2.05, 4.69) is 5.32 Å². The Kier molecular flexibility index (Phi) is 3.77. The van der Waals surface area contributed by atoms with E-state index in [4.69, 9.17) is 16.3 Å². The van der Waals surface area contributed by atoms with Crippen LogP contribution in [-0.2, 0) is 4.74 Å². The van der Waals surface area contributed by atoms with E-state index in [-0.39, 0.29) is 0 Å². The number of hydrogen-bond acceptors (Lipinski definition) is 2. The molecule has 0 aliphatic rings. The number of carbonyl (C=O) groups excluding carboxylic acids is 1. The Hall–Kier alpha value is -1.22. The maximum atomic E-state index is 11.1. The first-order valence-corrected chi connectivity index (χ1v) is 4.71. The summed E-state index contributed by atoms with van der Waals surface area (Å²) in [4.78, 5) is 11.1. The number of rotatable bonds is 2. The number of benzene rings is 1. The first-order chi connectivity index (χ1) is 6.65. The molecule has 1 aromatic carbocycles. The quantitative estimate of drug-likeness (QED) is 0.819. The van der Waals surface area contributed by atoms with Gasteiger partial charge in [-0.3, -0.25) is 5.32 Å². The van der Waals surface area contributed by atoms with Crippen molar-refractivity contribution < 1.29 is 9.53 Å². The first kappa shape index (κ1) is 10.9. The lowest BCUT2D eigenvalue weighted by Gasteiger charge is -2.09. The largest absolute Gasteiger partial charge is 0.450 e. The average Bonchev–Trinajstić information content (AvgIpc) is 2.12. The van der Waals surface area contributed by atoms with Crippen molar-refractivity contribution in [2.45, 2.75) is 13.8 Å². The fourth-order valence-corrected chi connectivity index (χ4v) is 1.33. The van der Waals surface area contributed by atoms with Gasteiger partial charge in [0.1, 0.15) is 0 Å². The van der Waals surface area contributed by atoms with Crippen LogP contribution in [0.15, 0.2) is 18.2 Å². The van der Waals surface area contributed by atoms with Crippen LogP contribution in [0.4, 0.5) is 10.5 Å². The summed E-state index contributed by atoms with van der Waals surface area (Å²) in [7, 11) is 0. The van der Waals surface area contributed by atoms with E-state index in [0.717, 1.165) is 5.56 Å². The Morgan fingerprint density at radius 2 is 2.29 bits per heavy atom. The van der Waals surface area contributed by atoms with Crippen molar-refractivity contribution in [1.29, 1.82) is 0 Å². The lowest BCUT2D eigenvalue weighted by Crippen LogP contribution is -2.14. The van der Waals surface area contributed by atoms with Crippen LogP contribution in [0.3, 0.4) is 0 Å². The summed E-state index contributed by atoms with van der Waals surface area (Å²) < 4.78 is 4.75. The number of amides is 1. The Bertz CT molecular complexity index is 319. The Morgan fingerprint density at radius 3 is 2.86 bits per heavy atom. The highest BCUT2D eigenvalue weighted by Crippen LogP contribution is 2.25. The number of anilines is 1. The second kappa shape index (κ2) is 4.86. The lowest BCUT2D eigenvalue weighted by atomic mass is 10.2. The SMILES string of the molecule is CCOC(=O)Nc1c(C)cccc1Cl. The zero-order chi connectivity index (χ0) is 10.6. The second-order valence-corrected chi connectivity index (χ2v) is 3.18. The fourth-order valence-electron chi connectivity index (χ4n) is 1.06. The molecule has 0 atom stereocenters. The molecule has 0 saturated carbocycles. The smallest absolute Gasteiger partial charge is 0.411 e. The molecule has 1 N–H and O–H groups in total. The van der Waals surface area contributed by atoms with Crippen molar-refractivity contribution >= 4 is 23.4 Å². The molecule has 0 spiro atoms. The van der Waals surface area contributed by atoms with E-state index < -0.39 is 6.09 Å². The van der Waals surface area contributed by atoms with Gasteiger partial charge >= 0.3 is 6.09 Å². The molecule has 0 unspecified atom stereocenters. The standard InChI is InChI=1S/C10H12ClNO2/c1-3-14-10(13)12-9-7(2)5-4-6-8(9)11/h4-6H,3H2,1-2H3,(H,12,13). The van der Waals surface area contributed by atoms with Crippen LogP contribution in [0.1, 0.15) is 12.5 Å². The van der Waals surface area contributed by atoms with Crippen molar-refractivity contribution in [3.05, 3.63) is 28.8 Å². The van der Waals surface area contributed by atoms with Gasteiger partial charge in [-0.2, -0.15) is 0 Å². The monoisotopic (exact) mass is 213 g/mol. The Balaban J connectivity index is 2.80. The van der Waals surface area contributed by atoms with Crippen molar-refractivity contribution in [2.24, 2.45) is 0 Å². The van der Waals surface area contributed by atoms with Crippen LogP contribution in [0.5, 0.6) is 0 Å². The first-order valence-electron chi connectivity index (χ1n) is 4.34. The predicted octanol–water partition coefficient (Wildman–Crippen LogP) is 3.22. The van der Waals surface area contributed by atoms with Crippen LogP contribution < -0.4 is 5.32 Å². The summed E-state index contributed by atoms with van der Waals surface area (Å²) >= 11 is 5.90. The van der Waals surface area contributed by atoms with Crippen molar-refractivity contribution in [3.8, 4) is 0 Å². The van der Waals surface area contributed by atoms with Crippen LogP contribution in [0.2, 0.25) is 5.02 Å². The molecule has 0 bridgehead atoms. The van der Waals surface area contributed by atoms with E-state index in [1.165, 1.54) is 0 Å². The van der Waals surface area contributed by atoms with Crippen LogP contribution in [0.25, 0.3) is 0 Å². The molecule has 76 valence electrons. The minimum Gasteiger partial charge on any atom is -0.450 e. The van der Waals surface area contributed by atoms with Crippen LogP contribution >= 0.6 is 11.6 Å². The summed E-state index contributed by atoms with van der Waals surface area (Å²) in [5.41, 5.74) is 1.51. The average molecular weight is 214 g/mol. The molecule has 1 aromatic rings. The van der Waals surface area contributed by atoms with Gasteiger partial charge in [0.05, 0.1) is 17.3 Å². The molecular weight excluding hydrogens is 202 g/mol. The third kappa shape index (κ3) is 2.64. The number of aryl methyl sites for hydroxylation is 1. The van der Waals surface area contributed by atoms with Gasteiger partial charge in [-0.05, 0) is 25.5 Å². The van der Waals surface area contributed by atoms with Gasteiger partial charge in [-0.1, -0.05) is 23.7 Å². The van der Waals surface area contributed by atoms with E-state index in [1.807, 2.05) is 19.1 Å². The van der Waals surface area contributed by atoms with E-state index >= 15 is 0 Å². The molecular formula is C10H12ClNO2. The lowest BCUT2D eigenvalue weighted by molar-refractivity contribution is 0.168. The van der Waals surface area contributed by atoms with Crippen molar-refractivity contribution in [3.63, 3.8) is 0 Å². The van der Waals surface area contributed by atoms with Gasteiger partial charge in [-0.25, -0.2) is 4.79 Å². The highest BCUT2D eigenvalue weighted by atomic mass is 35.5. The summed E-state index contributed by atoms with van der Waals surface area (Å²) in [5.74, 6) is 0. The maximum Gasteiger partial charge on any atom is 0.411 e. The number of para-hydroxylation sites is 1. The van der Waals surface area contributed by atoms with Crippen LogP contribution in [-0.4, -0.2) is 12.7 Å². The molecule has 1 rings (SSSR count). The molecule has 14 heavy (non-hydrogen) atoms. The zero-order valence-corrected chi connectivity index (χ0v) is 8.89. The summed E-state index contributed by atoms with van der Waals surface area (Å²) in [6.45, 7) is 3.96. The third-order valence-electron chi connectivity index (χ3n) is 1.72. The molecule has 0 saturated heterocycles. The molecule has 0 heterocycles. The van der Waals surface area contributed by atoms with Gasteiger partial charge in [-0.15, -0.1) is 0 Å². The number of ether oxygens (including phenoxy) is 1. The molecule has 0 radical (unpaired) electrons. The second-order valence-electron chi connectivity index (χ2n) is 2.78. The minimum atomic E-state index is -0.483. The van der Waals surface area contributed by atoms with Gasteiger partial charge in [0.25, 0.3) is 0 Å². The summed E-state index contributed by atoms with van der Waals surface area (Å²) in [6.07, 6.45) is -0.483. The van der Waals surface area contributed by atoms with Crippen LogP contribution in [0, 0.1) is 6.92 Å². The molecule has 4 heteroatoms. The molecule has 0 fully saturated rings. The predicted molar refractivity (Wildman–Crippen MR) is 56.8 cm³/mol. The molecule has 3 nitrogen and oxygen atoms in total. The Morgan fingerprint density at radius 1 is 1.57 bits per heavy atom. The molecule has 0 aromatic heterocycles. The van der Waals surface area contributed by atoms with E-state index in [0.29, 0.717) is 17.3 Å². The zero-order valence-electron chi connectivity index (χ0n) is 8.13. The van der Waals surface area contributed by atoms with Crippen molar-refractivity contribution in [1.82, 2.24) is 0 Å². The third-order valence-corrected chi connectivity index (χ3v) is 2.04. The molecule has 0 aliphatic carbocycles. The number of hydrogen-bond donors (Lipinski definition) is 1. The number of halogens is 1. The minimum absolute atomic E-state index is 0.343. The van der Waals surface area contributed by atoms with Gasteiger partial charge in [0, 0.05) is 0 Å². The molecule has 0 aliphatic heterocycles. The topological polar surface area (TPSA) is 38.3 Å². The highest BCUT2D eigenvalue weighted by Gasteiger charge is 2.07. The molecule has 1 amide bonds. The maximum absolute atomic E-state index is 11.1. The summed E-state index contributed by atoms with van der Waals surface area (Å²) in [6, 6.07) is 5.41. The van der Waals surface area contributed by atoms with Gasteiger partial charge in [0.2, 0.25) is 0 Å². The van der Waals surface area contributed by atoms with Crippen molar-refractivity contribution in [2.75, 3.05) is 11.9 Å². The van der Waals surface area contributed by atoms with Gasteiger partial charge < -0.3 is 4.74 Å². The number of nitrogens with one attached hydrogen (secondary N) is 1. The van der Waals surface area contributed by atoms with E-state index in [9.17, 15) is 4.79 Å². The highest BCUT2D eigenvalue weighted by molar-refractivity contribution is 6.33. The normalized spacial score (nSPS) is 9.64. The Labute approximate surface area is 88.0 Å².